The van der Waals surface area contributed by atoms with E-state index in [9.17, 15) is 8.78 Å². The lowest BCUT2D eigenvalue weighted by atomic mass is 10.1. The topological polar surface area (TPSA) is 52.0 Å². The van der Waals surface area contributed by atoms with Gasteiger partial charge in [-0.3, -0.25) is 0 Å². The summed E-state index contributed by atoms with van der Waals surface area (Å²) in [6.07, 6.45) is 16.8. The van der Waals surface area contributed by atoms with Crippen LogP contribution >= 0.6 is 19.8 Å². The lowest BCUT2D eigenvalue weighted by Crippen LogP contribution is -2.24. The summed E-state index contributed by atoms with van der Waals surface area (Å²) in [4.78, 5) is 4.10. The van der Waals surface area contributed by atoms with Crippen LogP contribution in [0.15, 0.2) is 60.4 Å². The second-order valence-corrected chi connectivity index (χ2v) is 13.6. The van der Waals surface area contributed by atoms with Crippen LogP contribution in [0, 0.1) is 12.8 Å². The van der Waals surface area contributed by atoms with Crippen molar-refractivity contribution in [3.63, 3.8) is 0 Å². The lowest BCUT2D eigenvalue weighted by molar-refractivity contribution is 0.0147. The molecule has 2 heterocycles. The van der Waals surface area contributed by atoms with Crippen LogP contribution in [0.5, 0.6) is 11.8 Å². The van der Waals surface area contributed by atoms with Crippen LogP contribution in [-0.2, 0) is 11.5 Å². The van der Waals surface area contributed by atoms with Gasteiger partial charge in [0.15, 0.2) is 0 Å². The molecule has 254 valence electrons. The summed E-state index contributed by atoms with van der Waals surface area (Å²) in [5, 5.41) is 8.28. The maximum Gasteiger partial charge on any atom is 0.275 e. The fourth-order valence-corrected chi connectivity index (χ4v) is 3.80. The zero-order valence-electron chi connectivity index (χ0n) is 29.9. The van der Waals surface area contributed by atoms with Crippen molar-refractivity contribution in [3.05, 3.63) is 77.2 Å². The zero-order valence-corrected chi connectivity index (χ0v) is 31.8. The first-order chi connectivity index (χ1) is 21.1. The summed E-state index contributed by atoms with van der Waals surface area (Å²) in [7, 11) is 2.50. The predicted octanol–water partition coefficient (Wildman–Crippen LogP) is 11.6. The van der Waals surface area contributed by atoms with Crippen LogP contribution in [0.1, 0.15) is 112 Å². The Morgan fingerprint density at radius 3 is 2.24 bits per heavy atom. The molecule has 1 saturated carbocycles. The minimum Gasteiger partial charge on any atom is -0.420 e. The summed E-state index contributed by atoms with van der Waals surface area (Å²) in [6, 6.07) is 2.80. The number of allylic oxidation sites excluding steroid dienone is 4. The number of nitrogens with one attached hydrogen (secondary N) is 1. The molecule has 45 heavy (non-hydrogen) atoms. The van der Waals surface area contributed by atoms with Crippen molar-refractivity contribution in [2.75, 3.05) is 12.8 Å². The number of pyridine rings is 1. The largest absolute Gasteiger partial charge is 0.420 e. The van der Waals surface area contributed by atoms with Crippen molar-refractivity contribution < 1.29 is 13.5 Å². The molecule has 1 fully saturated rings. The summed E-state index contributed by atoms with van der Waals surface area (Å²) in [6.45, 7) is 25.6. The molecule has 0 spiro atoms. The molecule has 9 heteroatoms. The van der Waals surface area contributed by atoms with E-state index in [-0.39, 0.29) is 11.4 Å². The molecular formula is C36H59F2N4OPS. The van der Waals surface area contributed by atoms with Crippen molar-refractivity contribution in [3.8, 4) is 11.8 Å². The van der Waals surface area contributed by atoms with Crippen LogP contribution in [0.25, 0.3) is 5.70 Å². The molecule has 0 radical (unpaired) electrons. The van der Waals surface area contributed by atoms with Crippen molar-refractivity contribution in [1.82, 2.24) is 20.1 Å². The maximum absolute atomic E-state index is 14.2. The first-order valence-corrected chi connectivity index (χ1v) is 18.6. The van der Waals surface area contributed by atoms with Gasteiger partial charge in [0.05, 0.1) is 16.8 Å². The van der Waals surface area contributed by atoms with E-state index in [2.05, 4.69) is 32.2 Å². The van der Waals surface area contributed by atoms with Gasteiger partial charge in [-0.25, -0.2) is 18.4 Å². The van der Waals surface area contributed by atoms with Crippen molar-refractivity contribution in [1.29, 1.82) is 0 Å². The summed E-state index contributed by atoms with van der Waals surface area (Å²) >= 11 is 1.67. The molecule has 1 N–H and O–H groups in total. The molecule has 3 rings (SSSR count). The number of nitrogens with zero attached hydrogens (tertiary/aromatic N) is 3. The second-order valence-electron chi connectivity index (χ2n) is 11.7. The standard InChI is InChI=1S/C28H38F2N4O.C5H10.C2H6.CH5PS/c1-10-13-23(32-18-20(4)16-15-19(3)11-2)24-21(5)26(34(33-24)27(6,7)8)35-25-22(28(9,29)30)14-12-17-31-25;1-2-5-3-4-5;1-2;1-3-2/h11-17,32H,4,10,18H2,1-3,5-9H3;5H,2-4H2,1H3;1-2H3;2H2,1H3/b16-15-,19-11-,23-13+;;;. The van der Waals surface area contributed by atoms with Crippen LogP contribution in [0.3, 0.4) is 0 Å². The molecule has 0 aromatic carbocycles. The Balaban J connectivity index is 0.00000167. The fourth-order valence-electron chi connectivity index (χ4n) is 3.80. The molecule has 2 aromatic rings. The Morgan fingerprint density at radius 2 is 1.80 bits per heavy atom. The van der Waals surface area contributed by atoms with Gasteiger partial charge >= 0.3 is 0 Å². The van der Waals surface area contributed by atoms with Gasteiger partial charge in [0, 0.05) is 25.2 Å². The Morgan fingerprint density at radius 1 is 1.20 bits per heavy atom. The summed E-state index contributed by atoms with van der Waals surface area (Å²) in [5.41, 5.74) is 3.59. The average Bonchev–Trinajstić information content (AvgIpc) is 3.78. The van der Waals surface area contributed by atoms with Gasteiger partial charge in [0.2, 0.25) is 11.8 Å². The van der Waals surface area contributed by atoms with Crippen LogP contribution in [0.4, 0.5) is 8.78 Å². The molecule has 1 atom stereocenters. The molecule has 0 saturated heterocycles. The normalized spacial score (nSPS) is 13.6. The highest BCUT2D eigenvalue weighted by molar-refractivity contribution is 8.43. The molecule has 0 amide bonds. The van der Waals surface area contributed by atoms with E-state index < -0.39 is 11.5 Å². The van der Waals surface area contributed by atoms with Crippen molar-refractivity contribution in [2.24, 2.45) is 5.92 Å². The van der Waals surface area contributed by atoms with E-state index in [4.69, 9.17) is 9.84 Å². The smallest absolute Gasteiger partial charge is 0.275 e. The molecule has 0 aliphatic heterocycles. The first-order valence-electron chi connectivity index (χ1n) is 15.9. The van der Waals surface area contributed by atoms with Crippen molar-refractivity contribution >= 4 is 25.5 Å². The Kier molecular flexibility index (Phi) is 20.2. The molecule has 1 aliphatic carbocycles. The Bertz CT molecular complexity index is 1250. The second kappa shape index (κ2) is 21.4. The zero-order chi connectivity index (χ0) is 34.8. The highest BCUT2D eigenvalue weighted by Gasteiger charge is 2.32. The number of ether oxygens (including phenoxy) is 1. The minimum atomic E-state index is -3.10. The number of halogens is 2. The average molecular weight is 665 g/mol. The molecule has 5 nitrogen and oxygen atoms in total. The van der Waals surface area contributed by atoms with Gasteiger partial charge in [0.1, 0.15) is 5.69 Å². The monoisotopic (exact) mass is 664 g/mol. The van der Waals surface area contributed by atoms with Gasteiger partial charge in [-0.05, 0) is 77.8 Å². The number of aromatic nitrogens is 3. The maximum atomic E-state index is 14.2. The highest BCUT2D eigenvalue weighted by atomic mass is 32.7. The van der Waals surface area contributed by atoms with Gasteiger partial charge in [-0.2, -0.15) is 5.10 Å². The minimum absolute atomic E-state index is 0.133. The molecule has 2 aromatic heterocycles. The Labute approximate surface area is 279 Å². The number of hydrogen-bond acceptors (Lipinski definition) is 5. The number of alkyl halides is 2. The third-order valence-corrected chi connectivity index (χ3v) is 6.62. The van der Waals surface area contributed by atoms with E-state index >= 15 is 0 Å². The Hall–Kier alpha value is -2.44. The first kappa shape index (κ1) is 42.6. The van der Waals surface area contributed by atoms with E-state index in [1.807, 2.05) is 92.9 Å². The molecule has 0 bridgehead atoms. The molecular weight excluding hydrogens is 605 g/mol. The SMILES string of the molecule is C=C(/C=C\C(C)=C/C)CN/C(=C/CC)c1nn(C(C)(C)C)c(Oc2ncccc2C(C)(F)F)c1C.CC.CCC1CC1.CSP. The third-order valence-electron chi connectivity index (χ3n) is 6.62. The summed E-state index contributed by atoms with van der Waals surface area (Å²) in [5.74, 6) is -1.72. The van der Waals surface area contributed by atoms with Crippen LogP contribution < -0.4 is 10.1 Å². The predicted molar refractivity (Wildman–Crippen MR) is 197 cm³/mol. The van der Waals surface area contributed by atoms with Gasteiger partial charge in [0.25, 0.3) is 5.92 Å². The number of rotatable bonds is 11. The highest BCUT2D eigenvalue weighted by Crippen LogP contribution is 2.38. The molecule has 1 unspecified atom stereocenters. The van der Waals surface area contributed by atoms with Gasteiger partial charge in [-0.1, -0.05) is 91.9 Å². The van der Waals surface area contributed by atoms with E-state index in [0.717, 1.165) is 41.7 Å². The number of hydrogen-bond donors (Lipinski definition) is 1. The van der Waals surface area contributed by atoms with E-state index in [1.165, 1.54) is 37.6 Å². The fraction of sp³-hybridized carbons (Fsp3) is 0.556. The lowest BCUT2D eigenvalue weighted by Gasteiger charge is -2.23. The van der Waals surface area contributed by atoms with Gasteiger partial charge < -0.3 is 10.1 Å². The molecule has 1 aliphatic rings. The quantitative estimate of drug-likeness (QED) is 0.191. The van der Waals surface area contributed by atoms with E-state index in [1.54, 1.807) is 16.1 Å². The third kappa shape index (κ3) is 15.6. The van der Waals surface area contributed by atoms with Gasteiger partial charge in [-0.15, -0.1) is 11.4 Å². The van der Waals surface area contributed by atoms with Crippen LogP contribution in [-0.4, -0.2) is 27.6 Å². The van der Waals surface area contributed by atoms with Crippen LogP contribution in [0.2, 0.25) is 0 Å². The van der Waals surface area contributed by atoms with E-state index in [0.29, 0.717) is 18.1 Å². The summed E-state index contributed by atoms with van der Waals surface area (Å²) < 4.78 is 36.2. The van der Waals surface area contributed by atoms with Crippen molar-refractivity contribution in [2.45, 2.75) is 113 Å².